The highest BCUT2D eigenvalue weighted by atomic mass is 16.2. The first-order valence-corrected chi connectivity index (χ1v) is 8.53. The van der Waals surface area contributed by atoms with Gasteiger partial charge in [0.05, 0.1) is 0 Å². The van der Waals surface area contributed by atoms with Crippen LogP contribution in [0.5, 0.6) is 0 Å². The molecule has 122 valence electrons. The van der Waals surface area contributed by atoms with Crippen molar-refractivity contribution in [1.82, 2.24) is 9.80 Å². The molecule has 2 atom stereocenters. The van der Waals surface area contributed by atoms with Crippen molar-refractivity contribution in [2.75, 3.05) is 27.2 Å². The van der Waals surface area contributed by atoms with Gasteiger partial charge in [-0.15, -0.1) is 0 Å². The van der Waals surface area contributed by atoms with Gasteiger partial charge in [0.25, 0.3) is 0 Å². The highest BCUT2D eigenvalue weighted by Gasteiger charge is 2.33. The summed E-state index contributed by atoms with van der Waals surface area (Å²) in [4.78, 5) is 16.8. The number of carbonyl (C=O) groups excluding carboxylic acids is 1. The van der Waals surface area contributed by atoms with Crippen LogP contribution in [0.4, 0.5) is 0 Å². The van der Waals surface area contributed by atoms with Crippen molar-refractivity contribution in [2.45, 2.75) is 51.5 Å². The van der Waals surface area contributed by atoms with E-state index in [9.17, 15) is 4.79 Å². The lowest BCUT2D eigenvalue weighted by atomic mass is 9.85. The summed E-state index contributed by atoms with van der Waals surface area (Å²) in [6.45, 7) is 6.01. The molecule has 0 spiro atoms. The number of unbranched alkanes of at least 4 members (excludes halogenated alkanes) is 1. The number of rotatable bonds is 5. The van der Waals surface area contributed by atoms with Crippen molar-refractivity contribution in [3.05, 3.63) is 35.4 Å². The molecular weight excluding hydrogens is 272 g/mol. The summed E-state index contributed by atoms with van der Waals surface area (Å²) in [5.41, 5.74) is 2.65. The maximum absolute atomic E-state index is 12.4. The number of likely N-dealkylation sites (N-methyl/N-ethyl adjacent to an activating group) is 1. The van der Waals surface area contributed by atoms with Crippen LogP contribution in [-0.4, -0.2) is 48.9 Å². The molecule has 1 heterocycles. The molecule has 1 amide bonds. The summed E-state index contributed by atoms with van der Waals surface area (Å²) in [6, 6.07) is 9.34. The molecule has 1 fully saturated rings. The normalized spacial score (nSPS) is 22.1. The number of amides is 1. The van der Waals surface area contributed by atoms with E-state index in [0.29, 0.717) is 24.3 Å². The average Bonchev–Trinajstić information content (AvgIpc) is 2.52. The Morgan fingerprint density at radius 2 is 1.95 bits per heavy atom. The largest absolute Gasteiger partial charge is 0.342 e. The summed E-state index contributed by atoms with van der Waals surface area (Å²) in [6.07, 6.45) is 3.84. The van der Waals surface area contributed by atoms with Crippen LogP contribution >= 0.6 is 0 Å². The predicted octanol–water partition coefficient (Wildman–Crippen LogP) is 3.43. The number of hydrogen-bond donors (Lipinski definition) is 0. The molecule has 0 N–H and O–H groups in total. The van der Waals surface area contributed by atoms with Gasteiger partial charge in [-0.2, -0.15) is 0 Å². The summed E-state index contributed by atoms with van der Waals surface area (Å²) in [5.74, 6) is 0.742. The van der Waals surface area contributed by atoms with Crippen LogP contribution in [0.15, 0.2) is 24.3 Å². The van der Waals surface area contributed by atoms with E-state index in [-0.39, 0.29) is 0 Å². The molecule has 1 aliphatic rings. The fourth-order valence-corrected chi connectivity index (χ4v) is 3.41. The van der Waals surface area contributed by atoms with Gasteiger partial charge in [0.2, 0.25) is 5.91 Å². The van der Waals surface area contributed by atoms with E-state index in [0.717, 1.165) is 32.4 Å². The number of piperidine rings is 1. The first-order chi connectivity index (χ1) is 10.5. The number of hydrogen-bond acceptors (Lipinski definition) is 2. The lowest BCUT2D eigenvalue weighted by Gasteiger charge is -2.42. The fraction of sp³-hybridized carbons (Fsp3) is 0.632. The predicted molar refractivity (Wildman–Crippen MR) is 92.1 cm³/mol. The highest BCUT2D eigenvalue weighted by molar-refractivity contribution is 5.76. The minimum absolute atomic E-state index is 0.330. The van der Waals surface area contributed by atoms with Crippen molar-refractivity contribution < 1.29 is 4.79 Å². The Kier molecular flexibility index (Phi) is 6.01. The fourth-order valence-electron chi connectivity index (χ4n) is 3.41. The smallest absolute Gasteiger partial charge is 0.222 e. The summed E-state index contributed by atoms with van der Waals surface area (Å²) in [5, 5.41) is 0. The molecule has 1 saturated heterocycles. The van der Waals surface area contributed by atoms with E-state index in [4.69, 9.17) is 0 Å². The molecule has 3 nitrogen and oxygen atoms in total. The van der Waals surface area contributed by atoms with Gasteiger partial charge in [-0.05, 0) is 39.4 Å². The van der Waals surface area contributed by atoms with Crippen molar-refractivity contribution in [2.24, 2.45) is 0 Å². The molecule has 0 aliphatic carbocycles. The summed E-state index contributed by atoms with van der Waals surface area (Å²) < 4.78 is 0. The van der Waals surface area contributed by atoms with Crippen LogP contribution < -0.4 is 0 Å². The van der Waals surface area contributed by atoms with E-state index in [1.54, 1.807) is 0 Å². The highest BCUT2D eigenvalue weighted by Crippen LogP contribution is 2.30. The van der Waals surface area contributed by atoms with Gasteiger partial charge >= 0.3 is 0 Å². The molecule has 1 aromatic carbocycles. The average molecular weight is 302 g/mol. The van der Waals surface area contributed by atoms with E-state index >= 15 is 0 Å². The molecule has 2 rings (SSSR count). The molecule has 1 aliphatic heterocycles. The number of aryl methyl sites for hydroxylation is 1. The number of nitrogens with zero attached hydrogens (tertiary/aromatic N) is 2. The van der Waals surface area contributed by atoms with Crippen molar-refractivity contribution >= 4 is 5.91 Å². The third-order valence-electron chi connectivity index (χ3n) is 4.84. The Balaban J connectivity index is 2.14. The number of likely N-dealkylation sites (tertiary alicyclic amines) is 1. The molecule has 0 aromatic heterocycles. The van der Waals surface area contributed by atoms with Gasteiger partial charge in [0, 0.05) is 31.5 Å². The van der Waals surface area contributed by atoms with E-state index < -0.39 is 0 Å². The summed E-state index contributed by atoms with van der Waals surface area (Å²) >= 11 is 0. The van der Waals surface area contributed by atoms with Crippen LogP contribution in [0.25, 0.3) is 0 Å². The molecule has 0 bridgehead atoms. The molecule has 22 heavy (non-hydrogen) atoms. The molecule has 0 saturated carbocycles. The third-order valence-corrected chi connectivity index (χ3v) is 4.84. The first-order valence-electron chi connectivity index (χ1n) is 8.53. The van der Waals surface area contributed by atoms with Gasteiger partial charge in [-0.3, -0.25) is 4.79 Å². The van der Waals surface area contributed by atoms with Crippen LogP contribution in [0.2, 0.25) is 0 Å². The second-order valence-electron chi connectivity index (χ2n) is 6.78. The summed E-state index contributed by atoms with van der Waals surface area (Å²) in [7, 11) is 4.31. The van der Waals surface area contributed by atoms with E-state index in [1.807, 2.05) is 0 Å². The zero-order valence-corrected chi connectivity index (χ0v) is 14.5. The molecular formula is C19H30N2O. The zero-order chi connectivity index (χ0) is 16.1. The second kappa shape index (κ2) is 7.77. The van der Waals surface area contributed by atoms with E-state index in [1.165, 1.54) is 11.1 Å². The molecule has 0 radical (unpaired) electrons. The van der Waals surface area contributed by atoms with Crippen molar-refractivity contribution in [1.29, 1.82) is 0 Å². The Morgan fingerprint density at radius 3 is 2.55 bits per heavy atom. The Morgan fingerprint density at radius 1 is 1.27 bits per heavy atom. The standard InChI is InChI=1S/C19H30N2O/c1-5-6-7-19(22)21-13-12-18(20(3)4)17(14-21)16-10-8-15(2)9-11-16/h8-11,17-18H,5-7,12-14H2,1-4H3. The van der Waals surface area contributed by atoms with Crippen LogP contribution in [0.3, 0.4) is 0 Å². The SMILES string of the molecule is CCCCC(=O)N1CCC(N(C)C)C(c2ccc(C)cc2)C1. The first kappa shape index (κ1) is 17.0. The van der Waals surface area contributed by atoms with Gasteiger partial charge in [0.1, 0.15) is 0 Å². The van der Waals surface area contributed by atoms with Crippen molar-refractivity contribution in [3.63, 3.8) is 0 Å². The molecule has 1 aromatic rings. The zero-order valence-electron chi connectivity index (χ0n) is 14.5. The maximum atomic E-state index is 12.4. The second-order valence-corrected chi connectivity index (χ2v) is 6.78. The van der Waals surface area contributed by atoms with Crippen LogP contribution in [0.1, 0.15) is 49.7 Å². The number of benzene rings is 1. The van der Waals surface area contributed by atoms with Gasteiger partial charge in [-0.25, -0.2) is 0 Å². The minimum Gasteiger partial charge on any atom is -0.342 e. The van der Waals surface area contributed by atoms with Crippen LogP contribution in [0, 0.1) is 6.92 Å². The lowest BCUT2D eigenvalue weighted by molar-refractivity contribution is -0.133. The Hall–Kier alpha value is -1.35. The van der Waals surface area contributed by atoms with Crippen LogP contribution in [-0.2, 0) is 4.79 Å². The Bertz CT molecular complexity index is 481. The lowest BCUT2D eigenvalue weighted by Crippen LogP contribution is -2.49. The molecule has 3 heteroatoms. The molecule has 2 unspecified atom stereocenters. The Labute approximate surface area is 135 Å². The van der Waals surface area contributed by atoms with Crippen molar-refractivity contribution in [3.8, 4) is 0 Å². The van der Waals surface area contributed by atoms with Gasteiger partial charge < -0.3 is 9.80 Å². The maximum Gasteiger partial charge on any atom is 0.222 e. The number of carbonyl (C=O) groups is 1. The van der Waals surface area contributed by atoms with Gasteiger partial charge in [0.15, 0.2) is 0 Å². The monoisotopic (exact) mass is 302 g/mol. The van der Waals surface area contributed by atoms with E-state index in [2.05, 4.69) is 62.0 Å². The third kappa shape index (κ3) is 4.10. The quantitative estimate of drug-likeness (QED) is 0.832. The minimum atomic E-state index is 0.330. The van der Waals surface area contributed by atoms with Gasteiger partial charge in [-0.1, -0.05) is 43.2 Å². The topological polar surface area (TPSA) is 23.6 Å².